The molecule has 2 aromatic carbocycles. The Morgan fingerprint density at radius 3 is 2.38 bits per heavy atom. The smallest absolute Gasteiger partial charge is 0.255 e. The second kappa shape index (κ2) is 10.9. The Bertz CT molecular complexity index is 922. The van der Waals surface area contributed by atoms with E-state index in [1.165, 1.54) is 17.4 Å². The van der Waals surface area contributed by atoms with Crippen molar-refractivity contribution < 1.29 is 14.3 Å². The van der Waals surface area contributed by atoms with Gasteiger partial charge in [-0.05, 0) is 42.7 Å². The number of likely N-dealkylation sites (tertiary alicyclic amines) is 1. The summed E-state index contributed by atoms with van der Waals surface area (Å²) in [6, 6.07) is 16.0. The second-order valence-electron chi connectivity index (χ2n) is 8.30. The minimum absolute atomic E-state index is 0.0287. The molecule has 2 aliphatic heterocycles. The molecule has 0 saturated carbocycles. The molecule has 170 valence electrons. The first-order chi connectivity index (χ1) is 15.6. The Kier molecular flexibility index (Phi) is 7.71. The van der Waals surface area contributed by atoms with Gasteiger partial charge in [0.25, 0.3) is 5.91 Å². The molecule has 0 aliphatic carbocycles. The SMILES string of the molecule is CN(Cc1ccc(N2CCOCC2)cc1)C(=O)c1ccccc1SCC(=O)N1CCCC1. The van der Waals surface area contributed by atoms with Gasteiger partial charge >= 0.3 is 0 Å². The third-order valence-corrected chi connectivity index (χ3v) is 7.06. The summed E-state index contributed by atoms with van der Waals surface area (Å²) >= 11 is 1.46. The van der Waals surface area contributed by atoms with Crippen LogP contribution < -0.4 is 4.90 Å². The zero-order valence-corrected chi connectivity index (χ0v) is 19.5. The van der Waals surface area contributed by atoms with E-state index in [9.17, 15) is 9.59 Å². The molecule has 0 bridgehead atoms. The fourth-order valence-electron chi connectivity index (χ4n) is 4.15. The quantitative estimate of drug-likeness (QED) is 0.601. The molecule has 0 spiro atoms. The van der Waals surface area contributed by atoms with Crippen molar-refractivity contribution in [2.24, 2.45) is 0 Å². The first-order valence-corrected chi connectivity index (χ1v) is 12.3. The summed E-state index contributed by atoms with van der Waals surface area (Å²) in [4.78, 5) is 32.4. The molecule has 7 heteroatoms. The number of amides is 2. The van der Waals surface area contributed by atoms with E-state index < -0.39 is 0 Å². The minimum Gasteiger partial charge on any atom is -0.378 e. The summed E-state index contributed by atoms with van der Waals surface area (Å²) in [6.45, 7) is 5.59. The van der Waals surface area contributed by atoms with E-state index in [2.05, 4.69) is 29.2 Å². The first kappa shape index (κ1) is 22.7. The maximum absolute atomic E-state index is 13.2. The topological polar surface area (TPSA) is 53.1 Å². The van der Waals surface area contributed by atoms with Gasteiger partial charge in [-0.1, -0.05) is 24.3 Å². The van der Waals surface area contributed by atoms with Crippen LogP contribution in [0.2, 0.25) is 0 Å². The minimum atomic E-state index is -0.0287. The van der Waals surface area contributed by atoms with Crippen LogP contribution in [-0.4, -0.2) is 73.8 Å². The van der Waals surface area contributed by atoms with Gasteiger partial charge in [0.1, 0.15) is 0 Å². The highest BCUT2D eigenvalue weighted by Crippen LogP contribution is 2.25. The highest BCUT2D eigenvalue weighted by Gasteiger charge is 2.20. The monoisotopic (exact) mass is 453 g/mol. The third kappa shape index (κ3) is 5.64. The summed E-state index contributed by atoms with van der Waals surface area (Å²) in [5, 5.41) is 0. The number of carbonyl (C=O) groups is 2. The zero-order valence-electron chi connectivity index (χ0n) is 18.7. The summed E-state index contributed by atoms with van der Waals surface area (Å²) in [7, 11) is 1.83. The van der Waals surface area contributed by atoms with Gasteiger partial charge in [0.2, 0.25) is 5.91 Å². The Balaban J connectivity index is 1.36. The van der Waals surface area contributed by atoms with Crippen molar-refractivity contribution in [2.45, 2.75) is 24.3 Å². The lowest BCUT2D eigenvalue weighted by Gasteiger charge is -2.29. The van der Waals surface area contributed by atoms with Gasteiger partial charge in [-0.3, -0.25) is 9.59 Å². The normalized spacial score (nSPS) is 16.3. The number of nitrogens with zero attached hydrogens (tertiary/aromatic N) is 3. The molecular formula is C25H31N3O3S. The van der Waals surface area contributed by atoms with Crippen LogP contribution >= 0.6 is 11.8 Å². The van der Waals surface area contributed by atoms with Gasteiger partial charge < -0.3 is 19.4 Å². The zero-order chi connectivity index (χ0) is 22.3. The largest absolute Gasteiger partial charge is 0.378 e. The van der Waals surface area contributed by atoms with Crippen molar-refractivity contribution in [2.75, 3.05) is 57.1 Å². The molecule has 2 heterocycles. The summed E-state index contributed by atoms with van der Waals surface area (Å²) in [5.41, 5.74) is 2.93. The van der Waals surface area contributed by atoms with Crippen LogP contribution in [-0.2, 0) is 16.1 Å². The number of carbonyl (C=O) groups excluding carboxylic acids is 2. The highest BCUT2D eigenvalue weighted by molar-refractivity contribution is 8.00. The average Bonchev–Trinajstić information content (AvgIpc) is 3.38. The van der Waals surface area contributed by atoms with Crippen LogP contribution in [0.4, 0.5) is 5.69 Å². The lowest BCUT2D eigenvalue weighted by molar-refractivity contribution is -0.127. The van der Waals surface area contributed by atoms with E-state index in [4.69, 9.17) is 4.74 Å². The van der Waals surface area contributed by atoms with Gasteiger partial charge in [0, 0.05) is 50.4 Å². The van der Waals surface area contributed by atoms with Gasteiger partial charge in [0.05, 0.1) is 24.5 Å². The van der Waals surface area contributed by atoms with Gasteiger partial charge in [-0.25, -0.2) is 0 Å². The number of hydrogen-bond donors (Lipinski definition) is 0. The number of thioether (sulfide) groups is 1. The van der Waals surface area contributed by atoms with E-state index in [-0.39, 0.29) is 11.8 Å². The first-order valence-electron chi connectivity index (χ1n) is 11.3. The lowest BCUT2D eigenvalue weighted by Crippen LogP contribution is -2.36. The Morgan fingerprint density at radius 2 is 1.66 bits per heavy atom. The molecule has 4 rings (SSSR count). The molecule has 2 saturated heterocycles. The number of hydrogen-bond acceptors (Lipinski definition) is 5. The van der Waals surface area contributed by atoms with Crippen molar-refractivity contribution >= 4 is 29.3 Å². The average molecular weight is 454 g/mol. The van der Waals surface area contributed by atoms with Gasteiger partial charge in [-0.2, -0.15) is 0 Å². The summed E-state index contributed by atoms with van der Waals surface area (Å²) < 4.78 is 5.42. The van der Waals surface area contributed by atoms with Crippen molar-refractivity contribution in [1.29, 1.82) is 0 Å². The fraction of sp³-hybridized carbons (Fsp3) is 0.440. The Labute approximate surface area is 194 Å². The molecule has 2 fully saturated rings. The van der Waals surface area contributed by atoms with Crippen LogP contribution in [0.15, 0.2) is 53.4 Å². The number of benzene rings is 2. The van der Waals surface area contributed by atoms with Gasteiger partial charge in [0.15, 0.2) is 0 Å². The van der Waals surface area contributed by atoms with Crippen molar-refractivity contribution in [3.8, 4) is 0 Å². The van der Waals surface area contributed by atoms with E-state index >= 15 is 0 Å². The van der Waals surface area contributed by atoms with Crippen LogP contribution in [0.3, 0.4) is 0 Å². The maximum atomic E-state index is 13.2. The fourth-order valence-corrected chi connectivity index (χ4v) is 5.10. The molecule has 0 unspecified atom stereocenters. The number of morpholine rings is 1. The van der Waals surface area contributed by atoms with Crippen LogP contribution in [0, 0.1) is 0 Å². The molecule has 0 radical (unpaired) electrons. The Hall–Kier alpha value is -2.51. The molecule has 2 amide bonds. The highest BCUT2D eigenvalue weighted by atomic mass is 32.2. The molecule has 2 aliphatic rings. The molecule has 0 N–H and O–H groups in total. The van der Waals surface area contributed by atoms with Crippen LogP contribution in [0.5, 0.6) is 0 Å². The van der Waals surface area contributed by atoms with Crippen molar-refractivity contribution in [3.63, 3.8) is 0 Å². The summed E-state index contributed by atoms with van der Waals surface area (Å²) in [5.74, 6) is 0.499. The van der Waals surface area contributed by atoms with Crippen LogP contribution in [0.25, 0.3) is 0 Å². The molecule has 6 nitrogen and oxygen atoms in total. The Morgan fingerprint density at radius 1 is 0.969 bits per heavy atom. The predicted octanol–water partition coefficient (Wildman–Crippen LogP) is 3.51. The molecule has 2 aromatic rings. The standard InChI is InChI=1S/C25H31N3O3S/c1-26(18-20-8-10-21(11-9-20)27-14-16-31-17-15-27)25(30)22-6-2-3-7-23(22)32-19-24(29)28-12-4-5-13-28/h2-3,6-11H,4-5,12-19H2,1H3. The maximum Gasteiger partial charge on any atom is 0.255 e. The van der Waals surface area contributed by atoms with E-state index in [1.807, 2.05) is 36.2 Å². The second-order valence-corrected chi connectivity index (χ2v) is 9.32. The third-order valence-electron chi connectivity index (χ3n) is 6.01. The molecular weight excluding hydrogens is 422 g/mol. The van der Waals surface area contributed by atoms with E-state index in [1.54, 1.807) is 4.90 Å². The van der Waals surface area contributed by atoms with Crippen molar-refractivity contribution in [1.82, 2.24) is 9.80 Å². The number of ether oxygens (including phenoxy) is 1. The molecule has 0 aromatic heterocycles. The van der Waals surface area contributed by atoms with E-state index in [0.29, 0.717) is 17.9 Å². The molecule has 0 atom stereocenters. The predicted molar refractivity (Wildman–Crippen MR) is 128 cm³/mol. The van der Waals surface area contributed by atoms with Gasteiger partial charge in [-0.15, -0.1) is 11.8 Å². The number of anilines is 1. The lowest BCUT2D eigenvalue weighted by atomic mass is 10.1. The van der Waals surface area contributed by atoms with E-state index in [0.717, 1.165) is 62.7 Å². The summed E-state index contributed by atoms with van der Waals surface area (Å²) in [6.07, 6.45) is 2.17. The van der Waals surface area contributed by atoms with Crippen molar-refractivity contribution in [3.05, 3.63) is 59.7 Å². The molecule has 32 heavy (non-hydrogen) atoms. The van der Waals surface area contributed by atoms with Crippen LogP contribution in [0.1, 0.15) is 28.8 Å². The number of rotatable bonds is 7.